The molecule has 2 aromatic rings. The second-order valence-corrected chi connectivity index (χ2v) is 7.81. The topological polar surface area (TPSA) is 71.1 Å². The molecule has 1 aliphatic heterocycles. The van der Waals surface area contributed by atoms with Crippen LogP contribution in [0.15, 0.2) is 42.5 Å². The predicted molar refractivity (Wildman–Crippen MR) is 120 cm³/mol. The van der Waals surface area contributed by atoms with Gasteiger partial charge in [-0.25, -0.2) is 4.79 Å². The maximum Gasteiger partial charge on any atom is 0.317 e. The van der Waals surface area contributed by atoms with Crippen LogP contribution >= 0.6 is 0 Å². The van der Waals surface area contributed by atoms with E-state index in [-0.39, 0.29) is 18.0 Å². The van der Waals surface area contributed by atoms with E-state index in [1.54, 1.807) is 19.1 Å². The van der Waals surface area contributed by atoms with Gasteiger partial charge in [0.2, 0.25) is 5.91 Å². The van der Waals surface area contributed by atoms with E-state index in [1.165, 1.54) is 5.56 Å². The van der Waals surface area contributed by atoms with Gasteiger partial charge >= 0.3 is 6.03 Å². The second-order valence-electron chi connectivity index (χ2n) is 7.81. The highest BCUT2D eigenvalue weighted by Crippen LogP contribution is 2.29. The summed E-state index contributed by atoms with van der Waals surface area (Å²) < 4.78 is 10.7. The molecule has 1 unspecified atom stereocenters. The molecule has 0 saturated carbocycles. The maximum absolute atomic E-state index is 12.8. The lowest BCUT2D eigenvalue weighted by Gasteiger charge is -2.35. The van der Waals surface area contributed by atoms with Gasteiger partial charge in [0.25, 0.3) is 0 Å². The Balaban J connectivity index is 1.53. The van der Waals surface area contributed by atoms with Crippen molar-refractivity contribution < 1.29 is 19.1 Å². The molecule has 7 nitrogen and oxygen atoms in total. The van der Waals surface area contributed by atoms with Gasteiger partial charge in [-0.15, -0.1) is 0 Å². The van der Waals surface area contributed by atoms with E-state index >= 15 is 0 Å². The highest BCUT2D eigenvalue weighted by Gasteiger charge is 2.25. The summed E-state index contributed by atoms with van der Waals surface area (Å²) in [5.74, 6) is 1.50. The molecule has 31 heavy (non-hydrogen) atoms. The number of carbonyl (C=O) groups is 2. The van der Waals surface area contributed by atoms with Crippen molar-refractivity contribution in [2.75, 3.05) is 40.4 Å². The molecule has 0 spiro atoms. The van der Waals surface area contributed by atoms with Crippen LogP contribution in [0.3, 0.4) is 0 Å². The number of urea groups is 1. The van der Waals surface area contributed by atoms with Crippen molar-refractivity contribution in [3.05, 3.63) is 59.2 Å². The normalized spacial score (nSPS) is 14.7. The minimum atomic E-state index is -0.251. The molecular weight excluding hydrogens is 394 g/mol. The number of amides is 3. The minimum Gasteiger partial charge on any atom is -0.497 e. The molecule has 0 bridgehead atoms. The lowest BCUT2D eigenvalue weighted by Crippen LogP contribution is -2.53. The zero-order valence-corrected chi connectivity index (χ0v) is 18.7. The number of piperazine rings is 1. The average Bonchev–Trinajstić information content (AvgIpc) is 2.80. The molecule has 166 valence electrons. The summed E-state index contributed by atoms with van der Waals surface area (Å²) in [6, 6.07) is 13.1. The van der Waals surface area contributed by atoms with Crippen molar-refractivity contribution in [3.63, 3.8) is 0 Å². The fourth-order valence-electron chi connectivity index (χ4n) is 3.68. The van der Waals surface area contributed by atoms with Crippen LogP contribution in [0.5, 0.6) is 11.5 Å². The molecule has 3 rings (SSSR count). The Morgan fingerprint density at radius 2 is 1.61 bits per heavy atom. The fraction of sp³-hybridized carbons (Fsp3) is 0.417. The molecule has 1 atom stereocenters. The van der Waals surface area contributed by atoms with E-state index in [0.717, 1.165) is 11.1 Å². The van der Waals surface area contributed by atoms with Gasteiger partial charge in [-0.05, 0) is 37.6 Å². The highest BCUT2D eigenvalue weighted by molar-refractivity contribution is 5.80. The molecule has 7 heteroatoms. The third kappa shape index (κ3) is 5.69. The molecule has 3 amide bonds. The van der Waals surface area contributed by atoms with Crippen LogP contribution in [0.1, 0.15) is 29.7 Å². The summed E-state index contributed by atoms with van der Waals surface area (Å²) in [6.45, 7) is 6.03. The molecule has 1 N–H and O–H groups in total. The molecule has 1 fully saturated rings. The van der Waals surface area contributed by atoms with E-state index < -0.39 is 0 Å². The molecule has 1 heterocycles. The number of nitrogens with zero attached hydrogens (tertiary/aromatic N) is 2. The largest absolute Gasteiger partial charge is 0.497 e. The summed E-state index contributed by atoms with van der Waals surface area (Å²) in [7, 11) is 3.21. The first-order chi connectivity index (χ1) is 14.9. The Kier molecular flexibility index (Phi) is 7.39. The number of benzene rings is 2. The number of hydrogen-bond acceptors (Lipinski definition) is 4. The molecule has 0 aromatic heterocycles. The van der Waals surface area contributed by atoms with Crippen LogP contribution in [0.4, 0.5) is 4.79 Å². The Labute approximate surface area is 183 Å². The van der Waals surface area contributed by atoms with Crippen LogP contribution in [0, 0.1) is 6.92 Å². The van der Waals surface area contributed by atoms with Gasteiger partial charge in [-0.1, -0.05) is 29.8 Å². The number of aryl methyl sites for hydroxylation is 1. The van der Waals surface area contributed by atoms with Gasteiger partial charge in [0.15, 0.2) is 0 Å². The molecule has 2 aromatic carbocycles. The van der Waals surface area contributed by atoms with Crippen LogP contribution in [0.25, 0.3) is 0 Å². The van der Waals surface area contributed by atoms with Crippen molar-refractivity contribution in [2.45, 2.75) is 26.3 Å². The predicted octanol–water partition coefficient (Wildman–Crippen LogP) is 3.17. The Bertz CT molecular complexity index is 906. The van der Waals surface area contributed by atoms with Crippen LogP contribution in [0.2, 0.25) is 0 Å². The zero-order chi connectivity index (χ0) is 22.4. The summed E-state index contributed by atoms with van der Waals surface area (Å²) in [4.78, 5) is 29.0. The quantitative estimate of drug-likeness (QED) is 0.772. The second kappa shape index (κ2) is 10.2. The van der Waals surface area contributed by atoms with Crippen molar-refractivity contribution in [3.8, 4) is 11.5 Å². The molecule has 0 radical (unpaired) electrons. The first kappa shape index (κ1) is 22.5. The van der Waals surface area contributed by atoms with E-state index in [2.05, 4.69) is 5.32 Å². The van der Waals surface area contributed by atoms with Crippen molar-refractivity contribution >= 4 is 11.9 Å². The SMILES string of the molecule is COc1ccc(OC)c(C(C)NC(=O)N2CCN(C(=O)Cc3ccc(C)cc3)CC2)c1. The van der Waals surface area contributed by atoms with E-state index in [0.29, 0.717) is 44.1 Å². The molecule has 1 aliphatic rings. The third-order valence-electron chi connectivity index (χ3n) is 5.64. The third-order valence-corrected chi connectivity index (χ3v) is 5.64. The van der Waals surface area contributed by atoms with Gasteiger partial charge in [-0.2, -0.15) is 0 Å². The number of rotatable bonds is 6. The lowest BCUT2D eigenvalue weighted by atomic mass is 10.1. The zero-order valence-electron chi connectivity index (χ0n) is 18.7. The molecule has 0 aliphatic carbocycles. The Hall–Kier alpha value is -3.22. The Morgan fingerprint density at radius 3 is 2.23 bits per heavy atom. The van der Waals surface area contributed by atoms with Gasteiger partial charge in [-0.3, -0.25) is 4.79 Å². The first-order valence-electron chi connectivity index (χ1n) is 10.5. The number of nitrogens with one attached hydrogen (secondary N) is 1. The summed E-state index contributed by atoms with van der Waals surface area (Å²) in [6.07, 6.45) is 0.388. The number of ether oxygens (including phenoxy) is 2. The van der Waals surface area contributed by atoms with Crippen molar-refractivity contribution in [1.29, 1.82) is 0 Å². The highest BCUT2D eigenvalue weighted by atomic mass is 16.5. The minimum absolute atomic E-state index is 0.0957. The van der Waals surface area contributed by atoms with Crippen molar-refractivity contribution in [1.82, 2.24) is 15.1 Å². The van der Waals surface area contributed by atoms with E-state index in [4.69, 9.17) is 9.47 Å². The monoisotopic (exact) mass is 425 g/mol. The van der Waals surface area contributed by atoms with Gasteiger partial charge in [0.05, 0.1) is 26.7 Å². The summed E-state index contributed by atoms with van der Waals surface area (Å²) in [5, 5.41) is 3.03. The van der Waals surface area contributed by atoms with Crippen LogP contribution in [-0.4, -0.2) is 62.1 Å². The molecule has 1 saturated heterocycles. The lowest BCUT2D eigenvalue weighted by molar-refractivity contribution is -0.131. The standard InChI is InChI=1S/C24H31N3O4/c1-17-5-7-19(8-6-17)15-23(28)26-11-13-27(14-12-26)24(29)25-18(2)21-16-20(30-3)9-10-22(21)31-4/h5-10,16,18H,11-15H2,1-4H3,(H,25,29). The smallest absolute Gasteiger partial charge is 0.317 e. The van der Waals surface area contributed by atoms with E-state index in [9.17, 15) is 9.59 Å². The average molecular weight is 426 g/mol. The summed E-state index contributed by atoms with van der Waals surface area (Å²) in [5.41, 5.74) is 3.04. The maximum atomic E-state index is 12.8. The number of hydrogen-bond donors (Lipinski definition) is 1. The Morgan fingerprint density at radius 1 is 0.968 bits per heavy atom. The first-order valence-corrected chi connectivity index (χ1v) is 10.5. The van der Waals surface area contributed by atoms with Crippen molar-refractivity contribution in [2.24, 2.45) is 0 Å². The number of carbonyl (C=O) groups excluding carboxylic acids is 2. The van der Waals surface area contributed by atoms with Crippen LogP contribution < -0.4 is 14.8 Å². The number of methoxy groups -OCH3 is 2. The van der Waals surface area contributed by atoms with Gasteiger partial charge in [0.1, 0.15) is 11.5 Å². The van der Waals surface area contributed by atoms with Gasteiger partial charge in [0, 0.05) is 31.7 Å². The van der Waals surface area contributed by atoms with E-state index in [1.807, 2.05) is 61.2 Å². The summed E-state index contributed by atoms with van der Waals surface area (Å²) >= 11 is 0. The molecular formula is C24H31N3O4. The van der Waals surface area contributed by atoms with Crippen LogP contribution in [-0.2, 0) is 11.2 Å². The fourth-order valence-corrected chi connectivity index (χ4v) is 3.68. The van der Waals surface area contributed by atoms with Gasteiger partial charge < -0.3 is 24.6 Å².